The van der Waals surface area contributed by atoms with Crippen molar-refractivity contribution in [2.24, 2.45) is 7.05 Å². The van der Waals surface area contributed by atoms with Gasteiger partial charge in [0.1, 0.15) is 5.82 Å². The van der Waals surface area contributed by atoms with Crippen molar-refractivity contribution >= 4 is 22.5 Å². The molecule has 6 nitrogen and oxygen atoms in total. The lowest BCUT2D eigenvalue weighted by atomic mass is 10.2. The second-order valence-electron chi connectivity index (χ2n) is 5.60. The highest BCUT2D eigenvalue weighted by atomic mass is 35.5. The van der Waals surface area contributed by atoms with Gasteiger partial charge in [-0.3, -0.25) is 14.0 Å². The molecule has 112 valence electrons. The molecule has 0 atom stereocenters. The van der Waals surface area contributed by atoms with Crippen LogP contribution in [0.2, 0.25) is 5.02 Å². The predicted molar refractivity (Wildman–Crippen MR) is 83.1 cm³/mol. The molecule has 2 heterocycles. The molecular formula is C15H14ClN5O. The van der Waals surface area contributed by atoms with E-state index >= 15 is 0 Å². The fourth-order valence-corrected chi connectivity index (χ4v) is 2.77. The van der Waals surface area contributed by atoms with E-state index in [0.29, 0.717) is 28.4 Å². The molecule has 0 radical (unpaired) electrons. The molecule has 0 saturated heterocycles. The van der Waals surface area contributed by atoms with Gasteiger partial charge < -0.3 is 0 Å². The Morgan fingerprint density at radius 1 is 1.36 bits per heavy atom. The molecule has 1 aliphatic rings. The first-order chi connectivity index (χ1) is 10.6. The van der Waals surface area contributed by atoms with Crippen LogP contribution in [0.3, 0.4) is 0 Å². The molecule has 2 aromatic heterocycles. The fourth-order valence-electron chi connectivity index (χ4n) is 2.52. The molecule has 1 aromatic carbocycles. The molecule has 7 heteroatoms. The zero-order valence-electron chi connectivity index (χ0n) is 12.0. The average Bonchev–Trinajstić information content (AvgIpc) is 3.27. The van der Waals surface area contributed by atoms with Gasteiger partial charge in [0.25, 0.3) is 5.56 Å². The molecule has 1 aliphatic carbocycles. The van der Waals surface area contributed by atoms with Crippen LogP contribution in [0.15, 0.2) is 29.3 Å². The maximum absolute atomic E-state index is 12.6. The van der Waals surface area contributed by atoms with Crippen molar-refractivity contribution in [3.05, 3.63) is 51.6 Å². The van der Waals surface area contributed by atoms with Crippen LogP contribution in [0.4, 0.5) is 0 Å². The standard InChI is InChI=1S/C15H14ClN5O/c1-20-12(18-14(19-20)9-5-6-9)7-21-8-17-11-4-2-3-10(16)13(11)15(21)22/h2-4,8-9H,5-7H2,1H3. The zero-order valence-corrected chi connectivity index (χ0v) is 12.8. The van der Waals surface area contributed by atoms with E-state index in [1.807, 2.05) is 7.05 Å². The highest BCUT2D eigenvalue weighted by Gasteiger charge is 2.28. The third kappa shape index (κ3) is 2.20. The SMILES string of the molecule is Cn1nc(C2CC2)nc1Cn1cnc2cccc(Cl)c2c1=O. The van der Waals surface area contributed by atoms with Crippen LogP contribution in [-0.2, 0) is 13.6 Å². The Kier molecular flexibility index (Phi) is 3.00. The number of aromatic nitrogens is 5. The molecule has 0 spiro atoms. The van der Waals surface area contributed by atoms with Crippen LogP contribution in [-0.4, -0.2) is 24.3 Å². The molecule has 1 saturated carbocycles. The van der Waals surface area contributed by atoms with Crippen molar-refractivity contribution in [1.82, 2.24) is 24.3 Å². The maximum Gasteiger partial charge on any atom is 0.263 e. The average molecular weight is 316 g/mol. The van der Waals surface area contributed by atoms with Gasteiger partial charge >= 0.3 is 0 Å². The molecule has 22 heavy (non-hydrogen) atoms. The summed E-state index contributed by atoms with van der Waals surface area (Å²) in [6, 6.07) is 5.26. The van der Waals surface area contributed by atoms with E-state index in [9.17, 15) is 4.79 Å². The highest BCUT2D eigenvalue weighted by molar-refractivity contribution is 6.35. The van der Waals surface area contributed by atoms with E-state index < -0.39 is 0 Å². The summed E-state index contributed by atoms with van der Waals surface area (Å²) in [6.45, 7) is 0.337. The van der Waals surface area contributed by atoms with Crippen molar-refractivity contribution in [3.63, 3.8) is 0 Å². The molecule has 0 aliphatic heterocycles. The molecule has 0 N–H and O–H groups in total. The molecule has 1 fully saturated rings. The quantitative estimate of drug-likeness (QED) is 0.742. The monoisotopic (exact) mass is 315 g/mol. The Labute approximate surface area is 131 Å². The van der Waals surface area contributed by atoms with Gasteiger partial charge in [-0.2, -0.15) is 5.10 Å². The molecule has 0 bridgehead atoms. The molecular weight excluding hydrogens is 302 g/mol. The van der Waals surface area contributed by atoms with Crippen molar-refractivity contribution in [2.45, 2.75) is 25.3 Å². The number of hydrogen-bond donors (Lipinski definition) is 0. The lowest BCUT2D eigenvalue weighted by Gasteiger charge is -2.06. The number of halogens is 1. The number of aryl methyl sites for hydroxylation is 1. The van der Waals surface area contributed by atoms with Gasteiger partial charge in [-0.05, 0) is 25.0 Å². The first-order valence-electron chi connectivity index (χ1n) is 7.17. The van der Waals surface area contributed by atoms with E-state index in [2.05, 4.69) is 15.1 Å². The summed E-state index contributed by atoms with van der Waals surface area (Å²) in [7, 11) is 1.85. The van der Waals surface area contributed by atoms with E-state index in [4.69, 9.17) is 11.6 Å². The summed E-state index contributed by atoms with van der Waals surface area (Å²) < 4.78 is 3.26. The highest BCUT2D eigenvalue weighted by Crippen LogP contribution is 2.38. The van der Waals surface area contributed by atoms with Crippen molar-refractivity contribution < 1.29 is 0 Å². The number of nitrogens with zero attached hydrogens (tertiary/aromatic N) is 5. The largest absolute Gasteiger partial charge is 0.291 e. The lowest BCUT2D eigenvalue weighted by molar-refractivity contribution is 0.636. The Hall–Kier alpha value is -2.21. The van der Waals surface area contributed by atoms with Crippen molar-refractivity contribution in [3.8, 4) is 0 Å². The molecule has 4 rings (SSSR count). The lowest BCUT2D eigenvalue weighted by Crippen LogP contribution is -2.23. The molecule has 0 amide bonds. The Morgan fingerprint density at radius 3 is 2.95 bits per heavy atom. The smallest absolute Gasteiger partial charge is 0.263 e. The third-order valence-electron chi connectivity index (χ3n) is 3.93. The van der Waals surface area contributed by atoms with Crippen LogP contribution in [0.25, 0.3) is 10.9 Å². The van der Waals surface area contributed by atoms with E-state index in [1.54, 1.807) is 22.9 Å². The van der Waals surface area contributed by atoms with Gasteiger partial charge in [-0.1, -0.05) is 17.7 Å². The van der Waals surface area contributed by atoms with Gasteiger partial charge in [0, 0.05) is 13.0 Å². The van der Waals surface area contributed by atoms with Crippen LogP contribution in [0.1, 0.15) is 30.4 Å². The van der Waals surface area contributed by atoms with Gasteiger partial charge in [0.2, 0.25) is 0 Å². The summed E-state index contributed by atoms with van der Waals surface area (Å²) in [5, 5.41) is 5.28. The predicted octanol–water partition coefficient (Wildman–Crippen LogP) is 2.10. The van der Waals surface area contributed by atoms with Gasteiger partial charge in [0.05, 0.1) is 28.8 Å². The van der Waals surface area contributed by atoms with Gasteiger partial charge in [0.15, 0.2) is 5.82 Å². The van der Waals surface area contributed by atoms with Gasteiger partial charge in [-0.25, -0.2) is 9.97 Å². The Balaban J connectivity index is 1.77. The first-order valence-corrected chi connectivity index (χ1v) is 7.55. The van der Waals surface area contributed by atoms with Crippen LogP contribution >= 0.6 is 11.6 Å². The Morgan fingerprint density at radius 2 is 2.18 bits per heavy atom. The number of hydrogen-bond acceptors (Lipinski definition) is 4. The summed E-state index contributed by atoms with van der Waals surface area (Å²) in [6.07, 6.45) is 3.83. The number of fused-ring (bicyclic) bond motifs is 1. The van der Waals surface area contributed by atoms with Crippen LogP contribution in [0.5, 0.6) is 0 Å². The fraction of sp³-hybridized carbons (Fsp3) is 0.333. The van der Waals surface area contributed by atoms with E-state index in [1.165, 1.54) is 10.9 Å². The zero-order chi connectivity index (χ0) is 15.3. The maximum atomic E-state index is 12.6. The second kappa shape index (κ2) is 4.91. The Bertz CT molecular complexity index is 925. The second-order valence-corrected chi connectivity index (χ2v) is 6.00. The summed E-state index contributed by atoms with van der Waals surface area (Å²) in [5.41, 5.74) is 0.442. The van der Waals surface area contributed by atoms with Crippen molar-refractivity contribution in [1.29, 1.82) is 0 Å². The summed E-state index contributed by atoms with van der Waals surface area (Å²) in [5.74, 6) is 2.11. The number of rotatable bonds is 3. The van der Waals surface area contributed by atoms with Crippen LogP contribution < -0.4 is 5.56 Å². The van der Waals surface area contributed by atoms with E-state index in [-0.39, 0.29) is 5.56 Å². The topological polar surface area (TPSA) is 65.6 Å². The van der Waals surface area contributed by atoms with E-state index in [0.717, 1.165) is 24.5 Å². The summed E-state index contributed by atoms with van der Waals surface area (Å²) >= 11 is 6.14. The number of benzene rings is 1. The third-order valence-corrected chi connectivity index (χ3v) is 4.24. The normalized spacial score (nSPS) is 14.6. The minimum absolute atomic E-state index is 0.161. The molecule has 3 aromatic rings. The minimum Gasteiger partial charge on any atom is -0.291 e. The first kappa shape index (κ1) is 13.5. The minimum atomic E-state index is -0.161. The molecule has 0 unspecified atom stereocenters. The van der Waals surface area contributed by atoms with Crippen molar-refractivity contribution in [2.75, 3.05) is 0 Å². The summed E-state index contributed by atoms with van der Waals surface area (Å²) in [4.78, 5) is 21.4. The van der Waals surface area contributed by atoms with Gasteiger partial charge in [-0.15, -0.1) is 0 Å². The van der Waals surface area contributed by atoms with Crippen LogP contribution in [0, 0.1) is 0 Å².